The summed E-state index contributed by atoms with van der Waals surface area (Å²) in [6, 6.07) is 12.1. The first-order valence-electron chi connectivity index (χ1n) is 6.68. The summed E-state index contributed by atoms with van der Waals surface area (Å²) in [7, 11) is 0. The molecule has 0 spiro atoms. The first-order valence-corrected chi connectivity index (χ1v) is 6.68. The minimum atomic E-state index is 0.325. The van der Waals surface area contributed by atoms with Crippen LogP contribution in [0.4, 0.5) is 5.69 Å². The number of hydrogen-bond acceptors (Lipinski definition) is 6. The van der Waals surface area contributed by atoms with E-state index in [9.17, 15) is 4.79 Å². The molecular formula is C17H11N3O3. The van der Waals surface area contributed by atoms with Gasteiger partial charge in [0.25, 0.3) is 12.5 Å². The minimum absolute atomic E-state index is 0.325. The van der Waals surface area contributed by atoms with E-state index in [-0.39, 0.29) is 0 Å². The number of hydrogen-bond donors (Lipinski definition) is 0. The van der Waals surface area contributed by atoms with E-state index in [1.165, 1.54) is 12.1 Å². The van der Waals surface area contributed by atoms with E-state index in [0.717, 1.165) is 17.5 Å². The van der Waals surface area contributed by atoms with Gasteiger partial charge in [-0.05, 0) is 48.2 Å². The van der Waals surface area contributed by atoms with Gasteiger partial charge in [0.2, 0.25) is 6.08 Å². The fraction of sp³-hybridized carbons (Fsp3) is 0.118. The van der Waals surface area contributed by atoms with Crippen molar-refractivity contribution in [2.75, 3.05) is 0 Å². The number of rotatable bonds is 6. The van der Waals surface area contributed by atoms with Crippen LogP contribution in [0.15, 0.2) is 47.5 Å². The molecule has 0 aliphatic carbocycles. The lowest BCUT2D eigenvalue weighted by molar-refractivity contribution is 0.482. The van der Waals surface area contributed by atoms with Gasteiger partial charge in [-0.3, -0.25) is 0 Å². The highest BCUT2D eigenvalue weighted by molar-refractivity contribution is 5.49. The van der Waals surface area contributed by atoms with Crippen LogP contribution in [0.1, 0.15) is 11.1 Å². The van der Waals surface area contributed by atoms with E-state index in [1.54, 1.807) is 36.8 Å². The second-order valence-electron chi connectivity index (χ2n) is 4.57. The van der Waals surface area contributed by atoms with Gasteiger partial charge in [0.1, 0.15) is 11.5 Å². The summed E-state index contributed by atoms with van der Waals surface area (Å²) in [5.74, 6) is 0.650. The molecule has 0 saturated heterocycles. The number of carbonyl (C=O) groups excluding carboxylic acids is 1. The van der Waals surface area contributed by atoms with Crippen LogP contribution in [0.2, 0.25) is 0 Å². The van der Waals surface area contributed by atoms with Crippen molar-refractivity contribution in [1.29, 1.82) is 10.5 Å². The molecule has 6 heteroatoms. The molecule has 0 aromatic heterocycles. The summed E-state index contributed by atoms with van der Waals surface area (Å²) in [5.41, 5.74) is 2.49. The number of aryl methyl sites for hydroxylation is 2. The molecule has 6 nitrogen and oxygen atoms in total. The van der Waals surface area contributed by atoms with E-state index < -0.39 is 0 Å². The molecule has 0 atom stereocenters. The second-order valence-corrected chi connectivity index (χ2v) is 4.57. The van der Waals surface area contributed by atoms with Gasteiger partial charge in [-0.1, -0.05) is 12.1 Å². The maximum Gasteiger partial charge on any atom is 0.292 e. The maximum atomic E-state index is 10.2. The normalized spacial score (nSPS) is 9.13. The molecule has 0 N–H and O–H groups in total. The number of aliphatic imine (C=N–C) groups is 1. The predicted octanol–water partition coefficient (Wildman–Crippen LogP) is 3.16. The third-order valence-electron chi connectivity index (χ3n) is 3.08. The zero-order valence-electron chi connectivity index (χ0n) is 12.0. The second kappa shape index (κ2) is 7.99. The molecule has 23 heavy (non-hydrogen) atoms. The van der Waals surface area contributed by atoms with Gasteiger partial charge < -0.3 is 9.47 Å². The Labute approximate surface area is 132 Å². The summed E-state index contributed by atoms with van der Waals surface area (Å²) in [6.07, 6.45) is 6.07. The maximum absolute atomic E-state index is 10.2. The van der Waals surface area contributed by atoms with Crippen LogP contribution in [-0.4, -0.2) is 6.08 Å². The highest BCUT2D eigenvalue weighted by Gasteiger charge is 2.05. The quantitative estimate of drug-likeness (QED) is 0.464. The molecule has 0 aliphatic heterocycles. The Morgan fingerprint density at radius 2 is 1.43 bits per heavy atom. The molecule has 0 bridgehead atoms. The van der Waals surface area contributed by atoms with Gasteiger partial charge in [0.05, 0.1) is 5.69 Å². The molecule has 112 valence electrons. The van der Waals surface area contributed by atoms with Gasteiger partial charge in [-0.2, -0.15) is 4.99 Å². The molecule has 2 rings (SSSR count). The Hall–Kier alpha value is -3.60. The van der Waals surface area contributed by atoms with E-state index in [2.05, 4.69) is 4.99 Å². The van der Waals surface area contributed by atoms with Crippen molar-refractivity contribution in [1.82, 2.24) is 0 Å². The van der Waals surface area contributed by atoms with Crippen LogP contribution in [0.3, 0.4) is 0 Å². The molecule has 0 unspecified atom stereocenters. The monoisotopic (exact) mass is 305 g/mol. The average molecular weight is 305 g/mol. The fourth-order valence-corrected chi connectivity index (χ4v) is 2.08. The summed E-state index contributed by atoms with van der Waals surface area (Å²) in [5, 5.41) is 17.2. The molecule has 2 aromatic rings. The molecule has 0 heterocycles. The average Bonchev–Trinajstić information content (AvgIpc) is 2.55. The lowest BCUT2D eigenvalue weighted by Crippen LogP contribution is -1.94. The highest BCUT2D eigenvalue weighted by Crippen LogP contribution is 2.24. The standard InChI is InChI=1S/C17H11N3O3/c18-10-22-16-7-14(8-17(9-16)23-11-19)2-1-13-3-5-15(6-4-13)20-12-21/h3-9H,1-2H2. The Morgan fingerprint density at radius 3 is 1.96 bits per heavy atom. The number of nitrogens with zero attached hydrogens (tertiary/aromatic N) is 3. The van der Waals surface area contributed by atoms with Crippen LogP contribution in [0.5, 0.6) is 11.5 Å². The third kappa shape index (κ3) is 4.71. The number of benzene rings is 2. The number of nitriles is 2. The number of isocyanates is 1. The fourth-order valence-electron chi connectivity index (χ4n) is 2.08. The van der Waals surface area contributed by atoms with Crippen molar-refractivity contribution in [3.63, 3.8) is 0 Å². The van der Waals surface area contributed by atoms with Crippen molar-refractivity contribution in [2.24, 2.45) is 4.99 Å². The molecule has 2 aromatic carbocycles. The molecule has 0 radical (unpaired) electrons. The summed E-state index contributed by atoms with van der Waals surface area (Å²) in [4.78, 5) is 13.7. The van der Waals surface area contributed by atoms with Crippen LogP contribution >= 0.6 is 0 Å². The van der Waals surface area contributed by atoms with Crippen LogP contribution in [0, 0.1) is 23.0 Å². The highest BCUT2D eigenvalue weighted by atomic mass is 16.5. The van der Waals surface area contributed by atoms with Gasteiger partial charge in [0.15, 0.2) is 0 Å². The summed E-state index contributed by atoms with van der Waals surface area (Å²) in [6.45, 7) is 0. The summed E-state index contributed by atoms with van der Waals surface area (Å²) < 4.78 is 9.59. The first kappa shape index (κ1) is 15.8. The zero-order chi connectivity index (χ0) is 16.5. The Morgan fingerprint density at radius 1 is 0.870 bits per heavy atom. The summed E-state index contributed by atoms with van der Waals surface area (Å²) >= 11 is 0. The first-order chi connectivity index (χ1) is 11.2. The Kier molecular flexibility index (Phi) is 5.48. The molecule has 0 aliphatic rings. The van der Waals surface area contributed by atoms with Crippen molar-refractivity contribution >= 4 is 11.8 Å². The van der Waals surface area contributed by atoms with Crippen LogP contribution < -0.4 is 9.47 Å². The lowest BCUT2D eigenvalue weighted by Gasteiger charge is -2.06. The van der Waals surface area contributed by atoms with Crippen LogP contribution in [-0.2, 0) is 17.6 Å². The minimum Gasteiger partial charge on any atom is -0.388 e. The SMILES string of the molecule is N#COc1cc(CCc2ccc(N=C=O)cc2)cc(OC#N)c1. The number of ether oxygens (including phenoxy) is 2. The molecule has 0 fully saturated rings. The Bertz CT molecular complexity index is 776. The molecule has 0 amide bonds. The van der Waals surface area contributed by atoms with E-state index in [0.29, 0.717) is 23.6 Å². The molecule has 0 saturated carbocycles. The van der Waals surface area contributed by atoms with Crippen molar-refractivity contribution < 1.29 is 14.3 Å². The third-order valence-corrected chi connectivity index (χ3v) is 3.08. The molecular weight excluding hydrogens is 294 g/mol. The van der Waals surface area contributed by atoms with Crippen molar-refractivity contribution in [3.8, 4) is 24.0 Å². The van der Waals surface area contributed by atoms with Gasteiger partial charge >= 0.3 is 0 Å². The van der Waals surface area contributed by atoms with Gasteiger partial charge in [-0.25, -0.2) is 4.79 Å². The van der Waals surface area contributed by atoms with E-state index in [1.807, 2.05) is 12.1 Å². The van der Waals surface area contributed by atoms with E-state index in [4.69, 9.17) is 20.0 Å². The zero-order valence-corrected chi connectivity index (χ0v) is 12.0. The predicted molar refractivity (Wildman–Crippen MR) is 80.6 cm³/mol. The topological polar surface area (TPSA) is 95.5 Å². The largest absolute Gasteiger partial charge is 0.388 e. The van der Waals surface area contributed by atoms with Crippen molar-refractivity contribution in [2.45, 2.75) is 12.8 Å². The lowest BCUT2D eigenvalue weighted by atomic mass is 10.0. The van der Waals surface area contributed by atoms with Gasteiger partial charge in [-0.15, -0.1) is 10.5 Å². The van der Waals surface area contributed by atoms with E-state index >= 15 is 0 Å². The van der Waals surface area contributed by atoms with Gasteiger partial charge in [0, 0.05) is 6.07 Å². The van der Waals surface area contributed by atoms with Crippen molar-refractivity contribution in [3.05, 3.63) is 53.6 Å². The Balaban J connectivity index is 2.11. The van der Waals surface area contributed by atoms with Crippen LogP contribution in [0.25, 0.3) is 0 Å². The smallest absolute Gasteiger partial charge is 0.292 e.